The van der Waals surface area contributed by atoms with Crippen molar-refractivity contribution in [1.82, 2.24) is 4.72 Å². The van der Waals surface area contributed by atoms with Crippen molar-refractivity contribution < 1.29 is 27.8 Å². The van der Waals surface area contributed by atoms with Gasteiger partial charge in [0.2, 0.25) is 10.0 Å². The molecule has 7 atom stereocenters. The smallest absolute Gasteiger partial charge is 0.264 e. The molecule has 2 heterocycles. The first-order valence-electron chi connectivity index (χ1n) is 16.2. The molecule has 1 spiro atoms. The lowest BCUT2D eigenvalue weighted by Crippen LogP contribution is -2.49. The summed E-state index contributed by atoms with van der Waals surface area (Å²) < 4.78 is 41.8. The number of aliphatic hydroxyl groups is 1. The minimum atomic E-state index is -4.06. The Labute approximate surface area is 272 Å². The molecular weight excluding hydrogens is 612 g/mol. The van der Waals surface area contributed by atoms with Crippen LogP contribution in [0, 0.1) is 17.8 Å². The number of hydrogen-bond acceptors (Lipinski definition) is 7. The van der Waals surface area contributed by atoms with Crippen LogP contribution in [0.2, 0.25) is 5.02 Å². The number of aliphatic hydroxyl groups excluding tert-OH is 1. The summed E-state index contributed by atoms with van der Waals surface area (Å²) in [5, 5.41) is 11.1. The highest BCUT2D eigenvalue weighted by Gasteiger charge is 2.44. The molecule has 2 aromatic carbocycles. The Morgan fingerprint density at radius 2 is 2.04 bits per heavy atom. The van der Waals surface area contributed by atoms with E-state index in [9.17, 15) is 18.3 Å². The van der Waals surface area contributed by atoms with E-state index in [1.807, 2.05) is 32.1 Å². The second kappa shape index (κ2) is 12.9. The predicted molar refractivity (Wildman–Crippen MR) is 177 cm³/mol. The fraction of sp³-hybridized carbons (Fsp3) is 0.571. The minimum Gasteiger partial charge on any atom is -0.490 e. The van der Waals surface area contributed by atoms with Crippen molar-refractivity contribution in [2.75, 3.05) is 31.7 Å². The van der Waals surface area contributed by atoms with E-state index in [1.54, 1.807) is 25.3 Å². The summed E-state index contributed by atoms with van der Waals surface area (Å²) in [5.74, 6) is 0.0766. The summed E-state index contributed by atoms with van der Waals surface area (Å²) in [6.07, 6.45) is 8.38. The molecule has 0 saturated heterocycles. The molecule has 4 aliphatic rings. The number of amides is 1. The lowest BCUT2D eigenvalue weighted by atomic mass is 9.68. The van der Waals surface area contributed by atoms with Crippen LogP contribution in [-0.4, -0.2) is 63.7 Å². The number of hydrogen-bond donors (Lipinski definition) is 2. The lowest BCUT2D eigenvalue weighted by Gasteiger charge is -2.45. The first kappa shape index (κ1) is 32.4. The molecule has 2 bridgehead atoms. The molecule has 2 aliphatic heterocycles. The quantitative estimate of drug-likeness (QED) is 0.412. The monoisotopic (exact) mass is 656 g/mol. The molecular formula is C35H45ClN2O6S. The van der Waals surface area contributed by atoms with Crippen LogP contribution in [0.1, 0.15) is 73.9 Å². The first-order chi connectivity index (χ1) is 21.5. The number of allylic oxidation sites excluding steroid dienone is 1. The van der Waals surface area contributed by atoms with Gasteiger partial charge in [0, 0.05) is 36.2 Å². The summed E-state index contributed by atoms with van der Waals surface area (Å²) >= 11 is 6.40. The van der Waals surface area contributed by atoms with Gasteiger partial charge >= 0.3 is 0 Å². The van der Waals surface area contributed by atoms with Gasteiger partial charge < -0.3 is 19.5 Å². The van der Waals surface area contributed by atoms with Crippen LogP contribution in [0.15, 0.2) is 48.6 Å². The molecule has 0 radical (unpaired) electrons. The van der Waals surface area contributed by atoms with Crippen molar-refractivity contribution in [2.24, 2.45) is 17.8 Å². The van der Waals surface area contributed by atoms with E-state index in [0.717, 1.165) is 42.8 Å². The number of anilines is 1. The highest BCUT2D eigenvalue weighted by Crippen LogP contribution is 2.46. The maximum absolute atomic E-state index is 13.7. The molecule has 2 N–H and O–H groups in total. The maximum atomic E-state index is 13.7. The zero-order chi connectivity index (χ0) is 31.9. The molecule has 2 aromatic rings. The van der Waals surface area contributed by atoms with E-state index < -0.39 is 27.3 Å². The Bertz CT molecular complexity index is 1560. The molecule has 6 rings (SSSR count). The number of carbonyl (C=O) groups is 1. The molecule has 0 aromatic heterocycles. The van der Waals surface area contributed by atoms with Gasteiger partial charge in [-0.05, 0) is 111 Å². The number of nitrogens with one attached hydrogen (secondary N) is 1. The van der Waals surface area contributed by atoms with Crippen LogP contribution < -0.4 is 14.4 Å². The molecule has 7 unspecified atom stereocenters. The summed E-state index contributed by atoms with van der Waals surface area (Å²) in [7, 11) is -2.51. The van der Waals surface area contributed by atoms with Crippen molar-refractivity contribution in [1.29, 1.82) is 0 Å². The molecule has 45 heavy (non-hydrogen) atoms. The number of benzene rings is 2. The Morgan fingerprint density at radius 1 is 1.22 bits per heavy atom. The third kappa shape index (κ3) is 6.51. The fourth-order valence-electron chi connectivity index (χ4n) is 7.89. The van der Waals surface area contributed by atoms with Crippen molar-refractivity contribution in [3.63, 3.8) is 0 Å². The van der Waals surface area contributed by atoms with Crippen LogP contribution in [0.3, 0.4) is 0 Å². The fourth-order valence-corrected chi connectivity index (χ4v) is 9.86. The average molecular weight is 657 g/mol. The van der Waals surface area contributed by atoms with E-state index in [2.05, 4.69) is 21.8 Å². The van der Waals surface area contributed by atoms with Crippen molar-refractivity contribution in [2.45, 2.75) is 81.7 Å². The third-order valence-electron chi connectivity index (χ3n) is 10.7. The molecule has 10 heteroatoms. The average Bonchev–Trinajstić information content (AvgIpc) is 3.13. The van der Waals surface area contributed by atoms with Crippen LogP contribution in [0.4, 0.5) is 5.69 Å². The summed E-state index contributed by atoms with van der Waals surface area (Å²) in [6.45, 7) is 5.57. The maximum Gasteiger partial charge on any atom is 0.264 e. The molecule has 1 saturated carbocycles. The number of ether oxygens (including phenoxy) is 2. The number of nitrogens with zero attached hydrogens (tertiary/aromatic N) is 1. The molecule has 2 aliphatic carbocycles. The van der Waals surface area contributed by atoms with Gasteiger partial charge in [-0.15, -0.1) is 0 Å². The van der Waals surface area contributed by atoms with Crippen molar-refractivity contribution in [3.8, 4) is 5.75 Å². The van der Waals surface area contributed by atoms with E-state index in [0.29, 0.717) is 31.9 Å². The van der Waals surface area contributed by atoms with Gasteiger partial charge in [0.1, 0.15) is 5.75 Å². The number of halogens is 1. The molecule has 244 valence electrons. The van der Waals surface area contributed by atoms with Crippen molar-refractivity contribution >= 4 is 33.2 Å². The van der Waals surface area contributed by atoms with Crippen LogP contribution in [0.5, 0.6) is 5.75 Å². The second-order valence-corrected chi connectivity index (χ2v) is 16.1. The Kier molecular flexibility index (Phi) is 9.27. The van der Waals surface area contributed by atoms with Gasteiger partial charge in [-0.2, -0.15) is 0 Å². The SMILES string of the molecule is COC(C)CC1C(C)C/C=C/C(O)C2CCC2CN2CC3(CCCc4cc(Cl)ccc43)COc3ccc(cc32)C(=O)NS1(=O)=O. The summed E-state index contributed by atoms with van der Waals surface area (Å²) in [5.41, 5.74) is 3.26. The number of fused-ring (bicyclic) bond motifs is 4. The van der Waals surface area contributed by atoms with Gasteiger partial charge in [0.05, 0.1) is 29.8 Å². The van der Waals surface area contributed by atoms with E-state index in [4.69, 9.17) is 21.1 Å². The Morgan fingerprint density at radius 3 is 2.80 bits per heavy atom. The van der Waals surface area contributed by atoms with Crippen molar-refractivity contribution in [3.05, 3.63) is 70.3 Å². The summed E-state index contributed by atoms with van der Waals surface area (Å²) in [6, 6.07) is 11.4. The van der Waals surface area contributed by atoms with Gasteiger partial charge in [0.15, 0.2) is 0 Å². The van der Waals surface area contributed by atoms with Gasteiger partial charge in [0.25, 0.3) is 5.91 Å². The number of rotatable bonds is 3. The Balaban J connectivity index is 1.41. The Hall–Kier alpha value is -2.59. The lowest BCUT2D eigenvalue weighted by molar-refractivity contribution is 0.0455. The standard InChI is InChI=1S/C35H45ClN2O6S/c1-22-6-4-8-31(39)28-12-9-26(28)19-38-20-35(15-5-7-24-17-27(36)11-13-29(24)35)21-44-32-14-10-25(18-30(32)38)34(40)37-45(41,42)33(22)16-23(2)43-3/h4,8,10-11,13-14,17-18,22-23,26,28,31,33,39H,5-7,9,12,15-16,19-21H2,1-3H3,(H,37,40)/b8-4+. The zero-order valence-electron chi connectivity index (χ0n) is 26.4. The van der Waals surface area contributed by atoms with E-state index >= 15 is 0 Å². The topological polar surface area (TPSA) is 105 Å². The number of aryl methyl sites for hydroxylation is 1. The van der Waals surface area contributed by atoms with Crippen LogP contribution in [-0.2, 0) is 26.6 Å². The number of methoxy groups -OCH3 is 1. The van der Waals surface area contributed by atoms with Gasteiger partial charge in [-0.25, -0.2) is 13.1 Å². The van der Waals surface area contributed by atoms with Crippen LogP contribution >= 0.6 is 11.6 Å². The minimum absolute atomic E-state index is 0.102. The molecule has 8 nitrogen and oxygen atoms in total. The first-order valence-corrected chi connectivity index (χ1v) is 18.2. The number of carbonyl (C=O) groups excluding carboxylic acids is 1. The van der Waals surface area contributed by atoms with Crippen LogP contribution in [0.25, 0.3) is 0 Å². The van der Waals surface area contributed by atoms with E-state index in [-0.39, 0.29) is 41.3 Å². The normalized spacial score (nSPS) is 32.6. The highest BCUT2D eigenvalue weighted by molar-refractivity contribution is 7.90. The molecule has 1 fully saturated rings. The van der Waals surface area contributed by atoms with Gasteiger partial charge in [-0.1, -0.05) is 36.7 Å². The number of sulfonamides is 1. The highest BCUT2D eigenvalue weighted by atomic mass is 35.5. The molecule has 1 amide bonds. The zero-order valence-corrected chi connectivity index (χ0v) is 27.9. The predicted octanol–water partition coefficient (Wildman–Crippen LogP) is 5.65. The summed E-state index contributed by atoms with van der Waals surface area (Å²) in [4.78, 5) is 15.9. The largest absolute Gasteiger partial charge is 0.490 e. The third-order valence-corrected chi connectivity index (χ3v) is 12.9. The second-order valence-electron chi connectivity index (χ2n) is 13.7. The van der Waals surface area contributed by atoms with E-state index in [1.165, 1.54) is 11.1 Å². The van der Waals surface area contributed by atoms with Gasteiger partial charge in [-0.3, -0.25) is 4.79 Å².